The number of hydrogen-bond acceptors (Lipinski definition) is 2. The highest BCUT2D eigenvalue weighted by molar-refractivity contribution is 6.73. The quantitative estimate of drug-likeness (QED) is 0.776. The molecule has 0 unspecified atom stereocenters. The van der Waals surface area contributed by atoms with Crippen molar-refractivity contribution in [1.29, 1.82) is 0 Å². The molecule has 0 aliphatic rings. The Labute approximate surface area is 109 Å². The monoisotopic (exact) mass is 266 g/mol. The lowest BCUT2D eigenvalue weighted by Crippen LogP contribution is -2.33. The largest absolute Gasteiger partial charge is 0.509 e. The molecule has 0 aliphatic carbocycles. The summed E-state index contributed by atoms with van der Waals surface area (Å²) in [7, 11) is 0. The van der Waals surface area contributed by atoms with Crippen LogP contribution in [0.5, 0.6) is 5.75 Å². The average Bonchev–Trinajstić information content (AvgIpc) is 2.39. The van der Waals surface area contributed by atoms with Gasteiger partial charge in [0.25, 0.3) is 0 Å². The van der Waals surface area contributed by atoms with Crippen LogP contribution in [0, 0.1) is 0 Å². The first kappa shape index (κ1) is 13.5. The topological polar surface area (TPSA) is 22.1 Å². The Morgan fingerprint density at radius 2 is 1.74 bits per heavy atom. The summed E-state index contributed by atoms with van der Waals surface area (Å²) < 4.78 is 42.6. The SMILES string of the molecule is F[B-](F)(F)c1ccc(OCCc2ccccn2)cc1. The second kappa shape index (κ2) is 5.78. The zero-order chi connectivity index (χ0) is 13.7. The molecular weight excluding hydrogens is 254 g/mol. The van der Waals surface area contributed by atoms with Gasteiger partial charge in [0.2, 0.25) is 0 Å². The van der Waals surface area contributed by atoms with Crippen LogP contribution >= 0.6 is 0 Å². The Hall–Kier alpha value is -1.98. The number of nitrogens with zero attached hydrogens (tertiary/aromatic N) is 1. The molecule has 0 aliphatic heterocycles. The van der Waals surface area contributed by atoms with E-state index in [1.54, 1.807) is 6.20 Å². The van der Waals surface area contributed by atoms with E-state index in [9.17, 15) is 12.9 Å². The van der Waals surface area contributed by atoms with Crippen LogP contribution in [0.4, 0.5) is 12.9 Å². The molecule has 1 aromatic heterocycles. The van der Waals surface area contributed by atoms with Gasteiger partial charge < -0.3 is 17.7 Å². The van der Waals surface area contributed by atoms with Gasteiger partial charge >= 0.3 is 6.98 Å². The number of benzene rings is 1. The second-order valence-electron chi connectivity index (χ2n) is 4.06. The van der Waals surface area contributed by atoms with E-state index in [0.717, 1.165) is 17.8 Å². The van der Waals surface area contributed by atoms with Gasteiger partial charge in [-0.05, 0) is 24.3 Å². The van der Waals surface area contributed by atoms with E-state index in [0.29, 0.717) is 18.8 Å². The maximum Gasteiger partial charge on any atom is 0.509 e. The van der Waals surface area contributed by atoms with Gasteiger partial charge in [-0.1, -0.05) is 18.2 Å². The number of pyridine rings is 1. The fourth-order valence-corrected chi connectivity index (χ4v) is 1.60. The van der Waals surface area contributed by atoms with E-state index in [2.05, 4.69) is 4.98 Å². The van der Waals surface area contributed by atoms with Crippen LogP contribution in [0.2, 0.25) is 0 Å². The van der Waals surface area contributed by atoms with Crippen LogP contribution in [0.15, 0.2) is 48.7 Å². The highest BCUT2D eigenvalue weighted by atomic mass is 19.4. The van der Waals surface area contributed by atoms with Crippen LogP contribution in [0.1, 0.15) is 5.69 Å². The van der Waals surface area contributed by atoms with E-state index in [1.165, 1.54) is 12.1 Å². The molecule has 0 spiro atoms. The summed E-state index contributed by atoms with van der Waals surface area (Å²) in [6.45, 7) is -4.56. The van der Waals surface area contributed by atoms with Crippen molar-refractivity contribution in [3.63, 3.8) is 0 Å². The van der Waals surface area contributed by atoms with Gasteiger partial charge in [0.1, 0.15) is 5.75 Å². The summed E-state index contributed by atoms with van der Waals surface area (Å²) in [6.07, 6.45) is 2.31. The zero-order valence-corrected chi connectivity index (χ0v) is 10.1. The van der Waals surface area contributed by atoms with Gasteiger partial charge in [0.05, 0.1) is 6.61 Å². The van der Waals surface area contributed by atoms with E-state index in [4.69, 9.17) is 4.74 Å². The van der Waals surface area contributed by atoms with Crippen molar-refractivity contribution in [1.82, 2.24) is 4.98 Å². The Kier molecular flexibility index (Phi) is 4.09. The fourth-order valence-electron chi connectivity index (χ4n) is 1.60. The summed E-state index contributed by atoms with van der Waals surface area (Å²) in [5, 5.41) is 0. The smallest absolute Gasteiger partial charge is 0.493 e. The van der Waals surface area contributed by atoms with E-state index < -0.39 is 12.4 Å². The molecule has 6 heteroatoms. The maximum atomic E-state index is 12.4. The van der Waals surface area contributed by atoms with Crippen molar-refractivity contribution in [3.8, 4) is 5.75 Å². The third-order valence-corrected chi connectivity index (χ3v) is 2.61. The molecule has 2 aromatic rings. The van der Waals surface area contributed by atoms with Gasteiger partial charge in [-0.3, -0.25) is 4.98 Å². The van der Waals surface area contributed by atoms with Crippen molar-refractivity contribution >= 4 is 12.4 Å². The van der Waals surface area contributed by atoms with Gasteiger partial charge in [0, 0.05) is 18.3 Å². The predicted octanol–water partition coefficient (Wildman–Crippen LogP) is 2.76. The van der Waals surface area contributed by atoms with Crippen molar-refractivity contribution in [3.05, 3.63) is 54.4 Å². The Morgan fingerprint density at radius 3 is 2.32 bits per heavy atom. The Balaban J connectivity index is 1.87. The standard InChI is InChI=1S/C13H12BF3NO/c15-14(16,17)11-4-6-13(7-5-11)19-10-8-12-3-1-2-9-18-12/h1-7,9H,8,10H2/q-1. The van der Waals surface area contributed by atoms with Crippen LogP contribution in [0.3, 0.4) is 0 Å². The summed E-state index contributed by atoms with van der Waals surface area (Å²) in [5.41, 5.74) is 0.273. The molecule has 2 nitrogen and oxygen atoms in total. The van der Waals surface area contributed by atoms with Crippen molar-refractivity contribution in [2.45, 2.75) is 6.42 Å². The molecule has 0 bridgehead atoms. The van der Waals surface area contributed by atoms with Crippen molar-refractivity contribution in [2.75, 3.05) is 6.61 Å². The van der Waals surface area contributed by atoms with E-state index in [1.807, 2.05) is 18.2 Å². The van der Waals surface area contributed by atoms with E-state index in [-0.39, 0.29) is 0 Å². The number of aromatic nitrogens is 1. The minimum Gasteiger partial charge on any atom is -0.493 e. The summed E-state index contributed by atoms with van der Waals surface area (Å²) in [4.78, 5) is 4.13. The van der Waals surface area contributed by atoms with Crippen molar-refractivity contribution in [2.24, 2.45) is 0 Å². The zero-order valence-electron chi connectivity index (χ0n) is 10.1. The first-order valence-electron chi connectivity index (χ1n) is 5.88. The molecule has 0 fully saturated rings. The molecule has 1 heterocycles. The molecule has 19 heavy (non-hydrogen) atoms. The maximum absolute atomic E-state index is 12.4. The summed E-state index contributed by atoms with van der Waals surface area (Å²) in [6, 6.07) is 10.3. The van der Waals surface area contributed by atoms with Gasteiger partial charge in [0.15, 0.2) is 0 Å². The van der Waals surface area contributed by atoms with Crippen LogP contribution in [0.25, 0.3) is 0 Å². The lowest BCUT2D eigenvalue weighted by molar-refractivity contribution is 0.320. The molecular formula is C13H12BF3NO-. The summed E-state index contributed by atoms with van der Waals surface area (Å²) in [5.74, 6) is 0.430. The molecule has 100 valence electrons. The number of hydrogen-bond donors (Lipinski definition) is 0. The molecule has 0 saturated heterocycles. The molecule has 0 saturated carbocycles. The highest BCUT2D eigenvalue weighted by Gasteiger charge is 2.24. The number of halogens is 3. The van der Waals surface area contributed by atoms with Gasteiger partial charge in [-0.15, -0.1) is 5.46 Å². The first-order chi connectivity index (χ1) is 9.05. The third kappa shape index (κ3) is 4.01. The molecule has 0 radical (unpaired) electrons. The molecule has 0 amide bonds. The number of ether oxygens (including phenoxy) is 1. The highest BCUT2D eigenvalue weighted by Crippen LogP contribution is 2.13. The first-order valence-corrected chi connectivity index (χ1v) is 5.88. The third-order valence-electron chi connectivity index (χ3n) is 2.61. The van der Waals surface area contributed by atoms with E-state index >= 15 is 0 Å². The minimum atomic E-state index is -4.94. The van der Waals surface area contributed by atoms with Crippen LogP contribution in [-0.4, -0.2) is 18.6 Å². The lowest BCUT2D eigenvalue weighted by atomic mass is 9.80. The van der Waals surface area contributed by atoms with Crippen LogP contribution < -0.4 is 10.2 Å². The predicted molar refractivity (Wildman–Crippen MR) is 68.6 cm³/mol. The molecule has 0 atom stereocenters. The normalized spacial score (nSPS) is 11.3. The molecule has 1 aromatic carbocycles. The number of rotatable bonds is 5. The minimum absolute atomic E-state index is 0.382. The Bertz CT molecular complexity index is 514. The van der Waals surface area contributed by atoms with Gasteiger partial charge in [-0.2, -0.15) is 0 Å². The van der Waals surface area contributed by atoms with Crippen LogP contribution in [-0.2, 0) is 6.42 Å². The van der Waals surface area contributed by atoms with Crippen molar-refractivity contribution < 1.29 is 17.7 Å². The van der Waals surface area contributed by atoms with Gasteiger partial charge in [-0.25, -0.2) is 0 Å². The Morgan fingerprint density at radius 1 is 1.00 bits per heavy atom. The average molecular weight is 266 g/mol. The molecule has 0 N–H and O–H groups in total. The fraction of sp³-hybridized carbons (Fsp3) is 0.154. The molecule has 2 rings (SSSR count). The summed E-state index contributed by atoms with van der Waals surface area (Å²) >= 11 is 0. The lowest BCUT2D eigenvalue weighted by Gasteiger charge is -2.15. The second-order valence-corrected chi connectivity index (χ2v) is 4.06.